The molecule has 0 saturated carbocycles. The first-order valence-electron chi connectivity index (χ1n) is 11.0. The Kier molecular flexibility index (Phi) is 12.9. The maximum absolute atomic E-state index is 12.8. The van der Waals surface area contributed by atoms with Gasteiger partial charge in [0.15, 0.2) is 0 Å². The average Bonchev–Trinajstić information content (AvgIpc) is 3.32. The number of H-pyrrole nitrogens is 1. The van der Waals surface area contributed by atoms with Gasteiger partial charge in [-0.3, -0.25) is 19.2 Å². The number of aromatic nitrogens is 2. The summed E-state index contributed by atoms with van der Waals surface area (Å²) in [5, 5.41) is 26.1. The van der Waals surface area contributed by atoms with Crippen molar-refractivity contribution in [3.05, 3.63) is 18.2 Å². The number of hydrogen-bond donors (Lipinski definition) is 9. The fraction of sp³-hybridized carbons (Fsp3) is 0.600. The van der Waals surface area contributed by atoms with E-state index in [9.17, 15) is 34.2 Å². The topological polar surface area (TPSA) is 269 Å². The number of carboxylic acid groups (broad SMARTS) is 1. The van der Waals surface area contributed by atoms with Crippen molar-refractivity contribution in [1.29, 1.82) is 0 Å². The molecule has 0 aromatic carbocycles. The summed E-state index contributed by atoms with van der Waals surface area (Å²) < 4.78 is 0. The largest absolute Gasteiger partial charge is 0.480 e. The van der Waals surface area contributed by atoms with Crippen LogP contribution in [0.3, 0.4) is 0 Å². The minimum atomic E-state index is -1.48. The number of aliphatic hydroxyl groups excluding tert-OH is 1. The van der Waals surface area contributed by atoms with Gasteiger partial charge in [0.2, 0.25) is 23.6 Å². The SMILES string of the molecule is NCCCCC(NC(=O)C(N)CCC(N)=O)C(=O)NC(CO)C(=O)NC(Cc1cnc[nH]1)C(=O)O. The van der Waals surface area contributed by atoms with E-state index in [2.05, 4.69) is 25.9 Å². The summed E-state index contributed by atoms with van der Waals surface area (Å²) in [7, 11) is 0. The molecular formula is C20H34N8O7. The van der Waals surface area contributed by atoms with E-state index in [1.807, 2.05) is 0 Å². The van der Waals surface area contributed by atoms with Crippen LogP contribution in [0.25, 0.3) is 0 Å². The Hall–Kier alpha value is -3.56. The highest BCUT2D eigenvalue weighted by Crippen LogP contribution is 2.05. The van der Waals surface area contributed by atoms with E-state index in [1.54, 1.807) is 0 Å². The number of carbonyl (C=O) groups excluding carboxylic acids is 4. The summed E-state index contributed by atoms with van der Waals surface area (Å²) in [5.41, 5.74) is 16.7. The monoisotopic (exact) mass is 498 g/mol. The summed E-state index contributed by atoms with van der Waals surface area (Å²) >= 11 is 0. The molecule has 1 aromatic rings. The Bertz CT molecular complexity index is 849. The number of carbonyl (C=O) groups is 5. The van der Waals surface area contributed by atoms with E-state index < -0.39 is 60.4 Å². The maximum Gasteiger partial charge on any atom is 0.326 e. The van der Waals surface area contributed by atoms with Crippen LogP contribution >= 0.6 is 0 Å². The van der Waals surface area contributed by atoms with Crippen molar-refractivity contribution in [3.63, 3.8) is 0 Å². The van der Waals surface area contributed by atoms with Crippen LogP contribution in [-0.2, 0) is 30.4 Å². The molecule has 0 saturated heterocycles. The van der Waals surface area contributed by atoms with Crippen LogP contribution in [0.4, 0.5) is 0 Å². The first kappa shape index (κ1) is 29.5. The minimum Gasteiger partial charge on any atom is -0.480 e. The smallest absolute Gasteiger partial charge is 0.326 e. The highest BCUT2D eigenvalue weighted by atomic mass is 16.4. The molecule has 35 heavy (non-hydrogen) atoms. The second kappa shape index (κ2) is 15.4. The van der Waals surface area contributed by atoms with Crippen molar-refractivity contribution >= 4 is 29.6 Å². The number of nitrogens with zero attached hydrogens (tertiary/aromatic N) is 1. The lowest BCUT2D eigenvalue weighted by molar-refractivity contribution is -0.142. The van der Waals surface area contributed by atoms with Gasteiger partial charge in [-0.05, 0) is 32.2 Å². The third-order valence-corrected chi connectivity index (χ3v) is 5.03. The number of imidazole rings is 1. The third-order valence-electron chi connectivity index (χ3n) is 5.03. The molecule has 15 nitrogen and oxygen atoms in total. The van der Waals surface area contributed by atoms with Crippen LogP contribution < -0.4 is 33.2 Å². The Morgan fingerprint density at radius 2 is 1.60 bits per heavy atom. The Labute approximate surface area is 201 Å². The zero-order valence-electron chi connectivity index (χ0n) is 19.2. The fourth-order valence-electron chi connectivity index (χ4n) is 3.02. The number of nitrogens with one attached hydrogen (secondary N) is 4. The van der Waals surface area contributed by atoms with Crippen molar-refractivity contribution in [2.45, 2.75) is 62.7 Å². The summed E-state index contributed by atoms with van der Waals surface area (Å²) in [6, 6.07) is -5.04. The number of unbranched alkanes of at least 4 members (excludes halogenated alkanes) is 1. The first-order chi connectivity index (χ1) is 16.6. The van der Waals surface area contributed by atoms with E-state index in [1.165, 1.54) is 12.5 Å². The van der Waals surface area contributed by atoms with Gasteiger partial charge in [0.05, 0.1) is 19.0 Å². The normalized spacial score (nSPS) is 14.3. The van der Waals surface area contributed by atoms with Crippen molar-refractivity contribution < 1.29 is 34.2 Å². The molecule has 12 N–H and O–H groups in total. The Morgan fingerprint density at radius 1 is 0.971 bits per heavy atom. The van der Waals surface area contributed by atoms with Crippen LogP contribution in [0.5, 0.6) is 0 Å². The molecule has 0 fully saturated rings. The molecule has 0 radical (unpaired) electrons. The van der Waals surface area contributed by atoms with Crippen LogP contribution in [0, 0.1) is 0 Å². The quantitative estimate of drug-likeness (QED) is 0.0945. The fourth-order valence-corrected chi connectivity index (χ4v) is 3.02. The van der Waals surface area contributed by atoms with Crippen molar-refractivity contribution in [2.24, 2.45) is 17.2 Å². The number of rotatable bonds is 17. The van der Waals surface area contributed by atoms with Crippen molar-refractivity contribution in [1.82, 2.24) is 25.9 Å². The molecule has 4 atom stereocenters. The molecule has 4 amide bonds. The van der Waals surface area contributed by atoms with Crippen molar-refractivity contribution in [3.8, 4) is 0 Å². The maximum atomic E-state index is 12.8. The molecule has 0 aliphatic carbocycles. The van der Waals surface area contributed by atoms with Crippen molar-refractivity contribution in [2.75, 3.05) is 13.2 Å². The van der Waals surface area contributed by atoms with Crippen LogP contribution in [0.2, 0.25) is 0 Å². The van der Waals surface area contributed by atoms with Gasteiger partial charge in [-0.15, -0.1) is 0 Å². The van der Waals surface area contributed by atoms with E-state index in [0.717, 1.165) is 0 Å². The number of aromatic amines is 1. The minimum absolute atomic E-state index is 0.0209. The summed E-state index contributed by atoms with van der Waals surface area (Å²) in [5.74, 6) is -4.37. The highest BCUT2D eigenvalue weighted by molar-refractivity contribution is 5.94. The number of hydrogen-bond acceptors (Lipinski definition) is 9. The lowest BCUT2D eigenvalue weighted by Crippen LogP contribution is -2.58. The molecule has 0 spiro atoms. The summed E-state index contributed by atoms with van der Waals surface area (Å²) in [6.07, 6.45) is 3.70. The van der Waals surface area contributed by atoms with Crippen LogP contribution in [0.1, 0.15) is 37.8 Å². The molecule has 1 heterocycles. The van der Waals surface area contributed by atoms with Gasteiger partial charge in [-0.1, -0.05) is 0 Å². The highest BCUT2D eigenvalue weighted by Gasteiger charge is 2.30. The zero-order valence-corrected chi connectivity index (χ0v) is 19.2. The molecule has 1 aromatic heterocycles. The standard InChI is InChI=1S/C20H34N8O7/c21-6-2-1-3-13(26-17(31)12(22)4-5-16(23)30)18(32)28-15(9-29)19(33)27-14(20(34)35)7-11-8-24-10-25-11/h8,10,12-15,29H,1-7,9,21-22H2,(H2,23,30)(H,24,25)(H,26,31)(H,27,33)(H,28,32)(H,34,35). The molecule has 1 rings (SSSR count). The number of aliphatic hydroxyl groups is 1. The lowest BCUT2D eigenvalue weighted by atomic mass is 10.1. The van der Waals surface area contributed by atoms with E-state index in [0.29, 0.717) is 25.1 Å². The summed E-state index contributed by atoms with van der Waals surface area (Å²) in [4.78, 5) is 66.7. The molecule has 4 unspecified atom stereocenters. The number of aliphatic carboxylic acids is 1. The third kappa shape index (κ3) is 10.9. The van der Waals surface area contributed by atoms with E-state index in [4.69, 9.17) is 17.2 Å². The Balaban J connectivity index is 2.82. The number of primary amides is 1. The van der Waals surface area contributed by atoms with Gasteiger partial charge in [-0.25, -0.2) is 9.78 Å². The molecule has 196 valence electrons. The summed E-state index contributed by atoms with van der Waals surface area (Å²) in [6.45, 7) is -0.468. The number of carboxylic acids is 1. The van der Waals surface area contributed by atoms with Gasteiger partial charge in [0.25, 0.3) is 0 Å². The van der Waals surface area contributed by atoms with Crippen LogP contribution in [0.15, 0.2) is 12.5 Å². The average molecular weight is 499 g/mol. The molecule has 0 bridgehead atoms. The molecular weight excluding hydrogens is 464 g/mol. The lowest BCUT2D eigenvalue weighted by Gasteiger charge is -2.24. The predicted octanol–water partition coefficient (Wildman–Crippen LogP) is -3.79. The Morgan fingerprint density at radius 3 is 2.14 bits per heavy atom. The van der Waals surface area contributed by atoms with Gasteiger partial charge in [0.1, 0.15) is 18.1 Å². The van der Waals surface area contributed by atoms with Gasteiger partial charge in [-0.2, -0.15) is 0 Å². The van der Waals surface area contributed by atoms with E-state index >= 15 is 0 Å². The number of amides is 4. The van der Waals surface area contributed by atoms with Gasteiger partial charge in [0, 0.05) is 24.7 Å². The van der Waals surface area contributed by atoms with Crippen LogP contribution in [-0.4, -0.2) is 87.1 Å². The number of nitrogens with two attached hydrogens (primary N) is 3. The predicted molar refractivity (Wildman–Crippen MR) is 122 cm³/mol. The van der Waals surface area contributed by atoms with E-state index in [-0.39, 0.29) is 25.7 Å². The second-order valence-electron chi connectivity index (χ2n) is 7.88. The molecule has 15 heteroatoms. The molecule has 0 aliphatic heterocycles. The molecule has 0 aliphatic rings. The first-order valence-corrected chi connectivity index (χ1v) is 11.0. The van der Waals surface area contributed by atoms with Gasteiger partial charge >= 0.3 is 5.97 Å². The zero-order chi connectivity index (χ0) is 26.4. The second-order valence-corrected chi connectivity index (χ2v) is 7.88. The van der Waals surface area contributed by atoms with Gasteiger partial charge < -0.3 is 48.3 Å².